The number of methoxy groups -OCH3 is 1. The summed E-state index contributed by atoms with van der Waals surface area (Å²) in [6.07, 6.45) is 0. The summed E-state index contributed by atoms with van der Waals surface area (Å²) in [7, 11) is 1.63. The van der Waals surface area contributed by atoms with E-state index in [1.165, 1.54) is 12.1 Å². The molecule has 0 heterocycles. The van der Waals surface area contributed by atoms with E-state index >= 15 is 0 Å². The molecule has 0 atom stereocenters. The summed E-state index contributed by atoms with van der Waals surface area (Å²) >= 11 is 0. The van der Waals surface area contributed by atoms with Crippen LogP contribution in [0.25, 0.3) is 0 Å². The molecule has 0 aromatic heterocycles. The highest BCUT2D eigenvalue weighted by Gasteiger charge is 2.19. The molecule has 0 aliphatic rings. The van der Waals surface area contributed by atoms with Gasteiger partial charge >= 0.3 is 5.97 Å². The van der Waals surface area contributed by atoms with Gasteiger partial charge in [-0.25, -0.2) is 4.79 Å². The van der Waals surface area contributed by atoms with Crippen LogP contribution in [0.1, 0.15) is 27.0 Å². The van der Waals surface area contributed by atoms with Crippen LogP contribution in [0.5, 0.6) is 23.0 Å². The molecule has 62 heavy (non-hydrogen) atoms. The molecule has 0 amide bonds. The van der Waals surface area contributed by atoms with Crippen LogP contribution in [-0.2, 0) is 62.5 Å². The normalized spacial score (nSPS) is 11.1. The van der Waals surface area contributed by atoms with Crippen molar-refractivity contribution in [1.82, 2.24) is 0 Å². The molecule has 0 unspecified atom stereocenters. The van der Waals surface area contributed by atoms with Crippen molar-refractivity contribution < 1.29 is 71.5 Å². The Bertz CT molecular complexity index is 1710. The van der Waals surface area contributed by atoms with Crippen LogP contribution in [0.3, 0.4) is 0 Å². The largest absolute Gasteiger partial charge is 0.497 e. The van der Waals surface area contributed by atoms with Crippen molar-refractivity contribution in [3.8, 4) is 23.0 Å². The number of hydrogen-bond acceptors (Lipinski definition) is 14. The van der Waals surface area contributed by atoms with E-state index in [4.69, 9.17) is 61.6 Å². The Morgan fingerprint density at radius 2 is 0.726 bits per heavy atom. The van der Waals surface area contributed by atoms with Gasteiger partial charge in [0.1, 0.15) is 25.6 Å². The molecule has 0 saturated heterocycles. The molecule has 4 rings (SSSR count). The lowest BCUT2D eigenvalue weighted by Gasteiger charge is -2.18. The fourth-order valence-electron chi connectivity index (χ4n) is 5.44. The SMILES string of the molecule is COc1ccc(COCCOCCOCCOc2cc(C(=O)O)cc(OCCOCCOCCOCc3ccccc3)c2OCCOCCOCCOCc2ccccc2)cc1. The van der Waals surface area contributed by atoms with Crippen LogP contribution in [0.2, 0.25) is 0 Å². The molecule has 1 N–H and O–H groups in total. The topological polar surface area (TPSA) is 157 Å². The highest BCUT2D eigenvalue weighted by atomic mass is 16.6. The average Bonchev–Trinajstić information content (AvgIpc) is 3.30. The highest BCUT2D eigenvalue weighted by molar-refractivity contribution is 5.89. The molecule has 0 saturated carbocycles. The second-order valence-corrected chi connectivity index (χ2v) is 13.3. The summed E-state index contributed by atoms with van der Waals surface area (Å²) < 4.78 is 74.0. The molecule has 0 aliphatic carbocycles. The van der Waals surface area contributed by atoms with Gasteiger partial charge < -0.3 is 66.7 Å². The number of carboxylic acid groups (broad SMARTS) is 1. The first-order chi connectivity index (χ1) is 30.6. The van der Waals surface area contributed by atoms with E-state index < -0.39 is 5.97 Å². The molecule has 4 aromatic carbocycles. The van der Waals surface area contributed by atoms with E-state index in [-0.39, 0.29) is 62.5 Å². The lowest BCUT2D eigenvalue weighted by Crippen LogP contribution is -2.16. The van der Waals surface area contributed by atoms with Gasteiger partial charge in [0.2, 0.25) is 5.75 Å². The highest BCUT2D eigenvalue weighted by Crippen LogP contribution is 2.39. The monoisotopic (exact) mass is 866 g/mol. The van der Waals surface area contributed by atoms with Crippen molar-refractivity contribution in [2.24, 2.45) is 0 Å². The average molecular weight is 867 g/mol. The summed E-state index contributed by atoms with van der Waals surface area (Å²) in [5, 5.41) is 9.88. The van der Waals surface area contributed by atoms with Gasteiger partial charge in [-0.1, -0.05) is 72.8 Å². The van der Waals surface area contributed by atoms with Gasteiger partial charge in [-0.2, -0.15) is 0 Å². The van der Waals surface area contributed by atoms with Gasteiger partial charge in [-0.05, 0) is 41.0 Å². The van der Waals surface area contributed by atoms with Crippen LogP contribution in [-0.4, -0.2) is 137 Å². The van der Waals surface area contributed by atoms with Crippen molar-refractivity contribution in [2.45, 2.75) is 19.8 Å². The van der Waals surface area contributed by atoms with Crippen molar-refractivity contribution in [1.29, 1.82) is 0 Å². The first-order valence-electron chi connectivity index (χ1n) is 20.8. The third kappa shape index (κ3) is 22.3. The minimum atomic E-state index is -1.15. The minimum absolute atomic E-state index is 0.0316. The number of ether oxygens (including phenoxy) is 13. The first kappa shape index (κ1) is 49.8. The molecule has 0 radical (unpaired) electrons. The van der Waals surface area contributed by atoms with Crippen molar-refractivity contribution in [3.05, 3.63) is 119 Å². The Morgan fingerprint density at radius 1 is 0.403 bits per heavy atom. The maximum atomic E-state index is 12.1. The fourth-order valence-corrected chi connectivity index (χ4v) is 5.44. The molecular formula is C47H62O15. The van der Waals surface area contributed by atoms with E-state index in [9.17, 15) is 9.90 Å². The van der Waals surface area contributed by atoms with Crippen LogP contribution in [0, 0.1) is 0 Å². The predicted octanol–water partition coefficient (Wildman–Crippen LogP) is 6.28. The van der Waals surface area contributed by atoms with Gasteiger partial charge in [0.25, 0.3) is 0 Å². The van der Waals surface area contributed by atoms with Gasteiger partial charge in [-0.15, -0.1) is 0 Å². The Morgan fingerprint density at radius 3 is 1.08 bits per heavy atom. The van der Waals surface area contributed by atoms with E-state index in [1.54, 1.807) is 7.11 Å². The van der Waals surface area contributed by atoms with E-state index in [1.807, 2.05) is 84.9 Å². The van der Waals surface area contributed by atoms with E-state index in [2.05, 4.69) is 0 Å². The Kier molecular flexibility index (Phi) is 26.4. The van der Waals surface area contributed by atoms with Gasteiger partial charge in [0, 0.05) is 0 Å². The number of aromatic carboxylic acids is 1. The summed E-state index contributed by atoms with van der Waals surface area (Å²) in [6.45, 7) is 7.50. The number of benzene rings is 4. The zero-order valence-corrected chi connectivity index (χ0v) is 35.7. The third-order valence-corrected chi connectivity index (χ3v) is 8.60. The molecule has 0 fully saturated rings. The summed E-state index contributed by atoms with van der Waals surface area (Å²) in [5.74, 6) is 0.270. The van der Waals surface area contributed by atoms with Gasteiger partial charge in [-0.3, -0.25) is 0 Å². The molecule has 0 spiro atoms. The minimum Gasteiger partial charge on any atom is -0.497 e. The molecule has 340 valence electrons. The van der Waals surface area contributed by atoms with Crippen molar-refractivity contribution in [2.75, 3.05) is 126 Å². The second kappa shape index (κ2) is 32.8. The summed E-state index contributed by atoms with van der Waals surface area (Å²) in [5.41, 5.74) is 3.23. The predicted molar refractivity (Wildman–Crippen MR) is 230 cm³/mol. The van der Waals surface area contributed by atoms with Crippen molar-refractivity contribution in [3.63, 3.8) is 0 Å². The smallest absolute Gasteiger partial charge is 0.335 e. The molecule has 0 bridgehead atoms. The van der Waals surface area contributed by atoms with Gasteiger partial charge in [0.05, 0.1) is 132 Å². The summed E-state index contributed by atoms with van der Waals surface area (Å²) in [4.78, 5) is 12.1. The number of carbonyl (C=O) groups is 1. The zero-order valence-electron chi connectivity index (χ0n) is 35.7. The Labute approximate surface area is 364 Å². The molecule has 15 nitrogen and oxygen atoms in total. The van der Waals surface area contributed by atoms with Crippen LogP contribution >= 0.6 is 0 Å². The van der Waals surface area contributed by atoms with E-state index in [0.29, 0.717) is 99.1 Å². The van der Waals surface area contributed by atoms with Crippen molar-refractivity contribution >= 4 is 5.97 Å². The fraction of sp³-hybridized carbons (Fsp3) is 0.468. The quantitative estimate of drug-likeness (QED) is 0.0502. The molecule has 0 aliphatic heterocycles. The number of carboxylic acids is 1. The maximum Gasteiger partial charge on any atom is 0.335 e. The van der Waals surface area contributed by atoms with Crippen LogP contribution in [0.4, 0.5) is 0 Å². The lowest BCUT2D eigenvalue weighted by atomic mass is 10.2. The summed E-state index contributed by atoms with van der Waals surface area (Å²) in [6, 6.07) is 30.4. The third-order valence-electron chi connectivity index (χ3n) is 8.60. The molecular weight excluding hydrogens is 805 g/mol. The lowest BCUT2D eigenvalue weighted by molar-refractivity contribution is 0.00367. The molecule has 4 aromatic rings. The van der Waals surface area contributed by atoms with Crippen LogP contribution in [0.15, 0.2) is 97.1 Å². The van der Waals surface area contributed by atoms with E-state index in [0.717, 1.165) is 22.4 Å². The second-order valence-electron chi connectivity index (χ2n) is 13.3. The first-order valence-corrected chi connectivity index (χ1v) is 20.8. The molecule has 15 heteroatoms. The standard InChI is InChI=1S/C47H62O15/c1-50-43-14-12-41(13-15-43)38-59-27-24-52-17-20-55-29-32-61-45-35-42(47(48)49)34-44(60-31-28-54-19-16-51-22-25-57-36-39-8-4-2-5-9-39)46(45)62-33-30-56-21-18-53-23-26-58-37-40-10-6-3-7-11-40/h2-15,34-35H,16-33,36-38H2,1H3,(H,48,49). The van der Waals surface area contributed by atoms with Crippen LogP contribution < -0.4 is 18.9 Å². The Balaban J connectivity index is 1.15. The van der Waals surface area contributed by atoms with Gasteiger partial charge in [0.15, 0.2) is 11.5 Å². The number of rotatable bonds is 38. The Hall–Kier alpha value is -4.81. The number of hydrogen-bond donors (Lipinski definition) is 1. The zero-order chi connectivity index (χ0) is 43.6. The maximum absolute atomic E-state index is 12.1.